The molecule has 0 fully saturated rings. The number of aromatic nitrogens is 3. The van der Waals surface area contributed by atoms with Crippen LogP contribution in [0.2, 0.25) is 0 Å². The first-order chi connectivity index (χ1) is 10.1. The van der Waals surface area contributed by atoms with Crippen LogP contribution in [0.25, 0.3) is 0 Å². The topological polar surface area (TPSA) is 97.1 Å². The molecule has 0 radical (unpaired) electrons. The van der Waals surface area contributed by atoms with E-state index in [2.05, 4.69) is 15.6 Å². The van der Waals surface area contributed by atoms with Gasteiger partial charge in [-0.25, -0.2) is 0 Å². The van der Waals surface area contributed by atoms with Gasteiger partial charge in [0.1, 0.15) is 0 Å². The van der Waals surface area contributed by atoms with Gasteiger partial charge in [-0.1, -0.05) is 23.4 Å². The first kappa shape index (κ1) is 14.7. The summed E-state index contributed by atoms with van der Waals surface area (Å²) in [6.45, 7) is 0.448. The molecule has 0 aliphatic heterocycles. The van der Waals surface area contributed by atoms with E-state index < -0.39 is 5.97 Å². The summed E-state index contributed by atoms with van der Waals surface area (Å²) in [6, 6.07) is 7.21. The van der Waals surface area contributed by atoms with Crippen molar-refractivity contribution in [2.24, 2.45) is 0 Å². The van der Waals surface area contributed by atoms with Gasteiger partial charge in [-0.05, 0) is 18.1 Å². The number of nitrogens with zero attached hydrogens (tertiary/aromatic N) is 3. The number of anilines is 1. The fourth-order valence-electron chi connectivity index (χ4n) is 1.88. The Morgan fingerprint density at radius 2 is 2.05 bits per heavy atom. The number of aryl methyl sites for hydroxylation is 2. The van der Waals surface area contributed by atoms with Crippen LogP contribution in [-0.4, -0.2) is 32.0 Å². The number of hydrogen-bond donors (Lipinski definition) is 2. The molecule has 2 N–H and O–H groups in total. The van der Waals surface area contributed by atoms with E-state index in [9.17, 15) is 9.59 Å². The molecule has 1 aromatic heterocycles. The zero-order valence-electron chi connectivity index (χ0n) is 11.4. The second kappa shape index (κ2) is 7.18. The zero-order chi connectivity index (χ0) is 15.1. The van der Waals surface area contributed by atoms with Gasteiger partial charge in [-0.15, -0.1) is 5.10 Å². The third kappa shape index (κ3) is 4.72. The molecule has 0 spiro atoms. The molecule has 0 bridgehead atoms. The second-order valence-electron chi connectivity index (χ2n) is 4.52. The smallest absolute Gasteiger partial charge is 0.303 e. The number of para-hydroxylation sites is 1. The van der Waals surface area contributed by atoms with E-state index in [0.29, 0.717) is 18.7 Å². The highest BCUT2D eigenvalue weighted by atomic mass is 16.4. The summed E-state index contributed by atoms with van der Waals surface area (Å²) in [5.74, 6) is -1.00. The molecule has 110 valence electrons. The van der Waals surface area contributed by atoms with Crippen LogP contribution in [0.3, 0.4) is 0 Å². The Balaban J connectivity index is 1.92. The third-order valence-electron chi connectivity index (χ3n) is 2.94. The van der Waals surface area contributed by atoms with Crippen molar-refractivity contribution in [3.8, 4) is 0 Å². The Morgan fingerprint density at radius 1 is 1.24 bits per heavy atom. The summed E-state index contributed by atoms with van der Waals surface area (Å²) in [5, 5.41) is 19.0. The summed E-state index contributed by atoms with van der Waals surface area (Å²) in [5.41, 5.74) is 1.47. The lowest BCUT2D eigenvalue weighted by atomic mass is 10.1. The average Bonchev–Trinajstić information content (AvgIpc) is 2.97. The third-order valence-corrected chi connectivity index (χ3v) is 2.94. The van der Waals surface area contributed by atoms with Gasteiger partial charge in [-0.2, -0.15) is 0 Å². The maximum absolute atomic E-state index is 11.9. The summed E-state index contributed by atoms with van der Waals surface area (Å²) < 4.78 is 1.58. The van der Waals surface area contributed by atoms with Crippen LogP contribution in [0.4, 0.5) is 5.69 Å². The van der Waals surface area contributed by atoms with E-state index in [1.807, 2.05) is 12.1 Å². The molecule has 0 saturated carbocycles. The molecule has 7 heteroatoms. The Bertz CT molecular complexity index is 610. The number of nitrogens with one attached hydrogen (secondary N) is 1. The van der Waals surface area contributed by atoms with Gasteiger partial charge in [0, 0.05) is 24.7 Å². The molecule has 1 heterocycles. The summed E-state index contributed by atoms with van der Waals surface area (Å²) >= 11 is 0. The molecule has 0 aliphatic rings. The number of aliphatic carboxylic acids is 1. The predicted molar refractivity (Wildman–Crippen MR) is 75.7 cm³/mol. The molecule has 2 aromatic rings. The van der Waals surface area contributed by atoms with Crippen LogP contribution in [0.1, 0.15) is 18.4 Å². The molecule has 2 rings (SSSR count). The molecular weight excluding hydrogens is 272 g/mol. The Kier molecular flexibility index (Phi) is 5.03. The zero-order valence-corrected chi connectivity index (χ0v) is 11.4. The van der Waals surface area contributed by atoms with Gasteiger partial charge in [0.05, 0.1) is 12.7 Å². The van der Waals surface area contributed by atoms with E-state index in [0.717, 1.165) is 5.56 Å². The number of carbonyl (C=O) groups is 2. The van der Waals surface area contributed by atoms with Gasteiger partial charge < -0.3 is 10.4 Å². The average molecular weight is 288 g/mol. The number of carbonyl (C=O) groups excluding carboxylic acids is 1. The highest BCUT2D eigenvalue weighted by Gasteiger charge is 2.08. The predicted octanol–water partition coefficient (Wildman–Crippen LogP) is 1.32. The van der Waals surface area contributed by atoms with Gasteiger partial charge in [-0.3, -0.25) is 14.3 Å². The lowest BCUT2D eigenvalue weighted by molar-refractivity contribution is -0.136. The van der Waals surface area contributed by atoms with Gasteiger partial charge in [0.2, 0.25) is 5.91 Å². The largest absolute Gasteiger partial charge is 0.481 e. The number of amides is 1. The SMILES string of the molecule is O=C(O)CCc1ccccc1NC(=O)CCn1ccnn1. The van der Waals surface area contributed by atoms with Crippen molar-refractivity contribution in [1.29, 1.82) is 0 Å². The van der Waals surface area contributed by atoms with Crippen LogP contribution in [0.5, 0.6) is 0 Å². The molecule has 0 saturated heterocycles. The minimum atomic E-state index is -0.859. The number of benzene rings is 1. The number of hydrogen-bond acceptors (Lipinski definition) is 4. The van der Waals surface area contributed by atoms with Crippen molar-refractivity contribution in [3.05, 3.63) is 42.2 Å². The van der Waals surface area contributed by atoms with Crippen molar-refractivity contribution in [1.82, 2.24) is 15.0 Å². The highest BCUT2D eigenvalue weighted by molar-refractivity contribution is 5.91. The van der Waals surface area contributed by atoms with E-state index in [-0.39, 0.29) is 18.7 Å². The van der Waals surface area contributed by atoms with Crippen LogP contribution < -0.4 is 5.32 Å². The molecule has 1 amide bonds. The molecule has 7 nitrogen and oxygen atoms in total. The summed E-state index contributed by atoms with van der Waals surface area (Å²) in [6.07, 6.45) is 3.94. The van der Waals surface area contributed by atoms with Crippen LogP contribution in [0.15, 0.2) is 36.7 Å². The fourth-order valence-corrected chi connectivity index (χ4v) is 1.88. The standard InChI is InChI=1S/C14H16N4O3/c19-13(7-9-18-10-8-15-17-18)16-12-4-2-1-3-11(12)5-6-14(20)21/h1-4,8,10H,5-7,9H2,(H,16,19)(H,20,21). The minimum Gasteiger partial charge on any atom is -0.481 e. The number of rotatable bonds is 7. The normalized spacial score (nSPS) is 10.3. The van der Waals surface area contributed by atoms with Crippen LogP contribution >= 0.6 is 0 Å². The summed E-state index contributed by atoms with van der Waals surface area (Å²) in [7, 11) is 0. The van der Waals surface area contributed by atoms with Crippen LogP contribution in [0, 0.1) is 0 Å². The van der Waals surface area contributed by atoms with Crippen molar-refractivity contribution < 1.29 is 14.7 Å². The quantitative estimate of drug-likeness (QED) is 0.801. The number of carboxylic acid groups (broad SMARTS) is 1. The number of carboxylic acids is 1. The Hall–Kier alpha value is -2.70. The van der Waals surface area contributed by atoms with E-state index in [1.165, 1.54) is 0 Å². The Morgan fingerprint density at radius 3 is 2.76 bits per heavy atom. The molecule has 0 atom stereocenters. The molecule has 0 aliphatic carbocycles. The van der Waals surface area contributed by atoms with Gasteiger partial charge >= 0.3 is 5.97 Å². The van der Waals surface area contributed by atoms with Crippen LogP contribution in [-0.2, 0) is 22.6 Å². The molecule has 21 heavy (non-hydrogen) atoms. The van der Waals surface area contributed by atoms with Crippen molar-refractivity contribution in [2.45, 2.75) is 25.8 Å². The second-order valence-corrected chi connectivity index (χ2v) is 4.52. The monoisotopic (exact) mass is 288 g/mol. The van der Waals surface area contributed by atoms with Gasteiger partial charge in [0.25, 0.3) is 0 Å². The van der Waals surface area contributed by atoms with Crippen molar-refractivity contribution >= 4 is 17.6 Å². The molecule has 0 unspecified atom stereocenters. The molecular formula is C14H16N4O3. The molecule has 1 aromatic carbocycles. The highest BCUT2D eigenvalue weighted by Crippen LogP contribution is 2.17. The fraction of sp³-hybridized carbons (Fsp3) is 0.286. The first-order valence-corrected chi connectivity index (χ1v) is 6.59. The lowest BCUT2D eigenvalue weighted by Crippen LogP contribution is -2.16. The maximum atomic E-state index is 11.9. The van der Waals surface area contributed by atoms with Crippen molar-refractivity contribution in [2.75, 3.05) is 5.32 Å². The Labute approximate surface area is 121 Å². The minimum absolute atomic E-state index is 0.0336. The first-order valence-electron chi connectivity index (χ1n) is 6.59. The van der Waals surface area contributed by atoms with E-state index in [4.69, 9.17) is 5.11 Å². The van der Waals surface area contributed by atoms with Crippen molar-refractivity contribution in [3.63, 3.8) is 0 Å². The lowest BCUT2D eigenvalue weighted by Gasteiger charge is -2.10. The van der Waals surface area contributed by atoms with Gasteiger partial charge in [0.15, 0.2) is 0 Å². The van der Waals surface area contributed by atoms with E-state index in [1.54, 1.807) is 29.2 Å². The van der Waals surface area contributed by atoms with E-state index >= 15 is 0 Å². The maximum Gasteiger partial charge on any atom is 0.303 e. The summed E-state index contributed by atoms with van der Waals surface area (Å²) in [4.78, 5) is 22.5.